The van der Waals surface area contributed by atoms with Gasteiger partial charge in [0.05, 0.1) is 5.56 Å². The minimum Gasteiger partial charge on any atom is -0.460 e. The van der Waals surface area contributed by atoms with E-state index in [9.17, 15) is 24.0 Å². The molecule has 260 valence electrons. The van der Waals surface area contributed by atoms with Gasteiger partial charge in [-0.05, 0) is 94.1 Å². The van der Waals surface area contributed by atoms with Crippen molar-refractivity contribution in [3.05, 3.63) is 30.9 Å². The van der Waals surface area contributed by atoms with E-state index in [1.807, 2.05) is 14.1 Å². The maximum absolute atomic E-state index is 13.1. The number of urea groups is 1. The van der Waals surface area contributed by atoms with Crippen LogP contribution in [0.4, 0.5) is 10.6 Å². The summed E-state index contributed by atoms with van der Waals surface area (Å²) in [5.41, 5.74) is -1.94. The van der Waals surface area contributed by atoms with E-state index in [1.54, 1.807) is 74.4 Å². The summed E-state index contributed by atoms with van der Waals surface area (Å²) in [7, 11) is 7.73. The van der Waals surface area contributed by atoms with E-state index in [2.05, 4.69) is 28.0 Å². The molecule has 0 fully saturated rings. The van der Waals surface area contributed by atoms with Crippen molar-refractivity contribution in [1.82, 2.24) is 25.4 Å². The number of quaternary nitrogens is 1. The lowest BCUT2D eigenvalue weighted by Gasteiger charge is -2.30. The Bertz CT molecular complexity index is 1190. The van der Waals surface area contributed by atoms with Crippen molar-refractivity contribution in [1.29, 1.82) is 0 Å². The lowest BCUT2D eigenvalue weighted by molar-refractivity contribution is -0.159. The zero-order valence-electron chi connectivity index (χ0n) is 29.5. The van der Waals surface area contributed by atoms with Gasteiger partial charge in [-0.25, -0.2) is 19.4 Å². The quantitative estimate of drug-likeness (QED) is 0.0883. The van der Waals surface area contributed by atoms with Crippen LogP contribution in [0.3, 0.4) is 0 Å². The summed E-state index contributed by atoms with van der Waals surface area (Å²) in [5, 5.41) is 7.98. The van der Waals surface area contributed by atoms with Crippen LogP contribution in [0.2, 0.25) is 0 Å². The molecule has 0 radical (unpaired) electrons. The monoisotopic (exact) mass is 649 g/mol. The molecule has 0 bridgehead atoms. The van der Waals surface area contributed by atoms with Gasteiger partial charge < -0.3 is 34.6 Å². The highest BCUT2D eigenvalue weighted by Crippen LogP contribution is 2.16. The van der Waals surface area contributed by atoms with Gasteiger partial charge in [0, 0.05) is 39.3 Å². The molecule has 0 aliphatic carbocycles. The van der Waals surface area contributed by atoms with Crippen LogP contribution in [-0.4, -0.2) is 84.4 Å². The Morgan fingerprint density at radius 1 is 0.783 bits per heavy atom. The maximum Gasteiger partial charge on any atom is 0.329 e. The van der Waals surface area contributed by atoms with E-state index >= 15 is 0 Å². The van der Waals surface area contributed by atoms with Crippen LogP contribution in [0.1, 0.15) is 105 Å². The van der Waals surface area contributed by atoms with Crippen molar-refractivity contribution >= 4 is 35.7 Å². The minimum atomic E-state index is -1.18. The van der Waals surface area contributed by atoms with Gasteiger partial charge in [0.1, 0.15) is 28.9 Å². The number of carbonyl (C=O) groups excluding carboxylic acids is 5. The molecule has 13 nitrogen and oxygen atoms in total. The SMILES string of the molecule is [CH2-][N+](C)(C)c1ccc(C(=O)NCCCC[C@H](NC(=O)N[C@@H](CCC(=O)OC(C)(C)C)C(=O)OC(C)(C)C)C(=O)OC(C)(C)C)cn1. The van der Waals surface area contributed by atoms with Crippen molar-refractivity contribution in [3.63, 3.8) is 0 Å². The molecule has 0 spiro atoms. The first-order chi connectivity index (χ1) is 20.9. The number of pyridine rings is 1. The first-order valence-electron chi connectivity index (χ1n) is 15.5. The van der Waals surface area contributed by atoms with Crippen molar-refractivity contribution in [3.8, 4) is 0 Å². The Balaban J connectivity index is 2.86. The number of nitrogens with one attached hydrogen (secondary N) is 3. The van der Waals surface area contributed by atoms with Crippen molar-refractivity contribution in [2.75, 3.05) is 20.6 Å². The summed E-state index contributed by atoms with van der Waals surface area (Å²) in [5.74, 6) is -1.48. The first kappa shape index (κ1) is 40.3. The van der Waals surface area contributed by atoms with Gasteiger partial charge >= 0.3 is 23.9 Å². The standard InChI is InChI=1S/C33H55N5O8/c1-31(2,3)44-26(39)19-17-24(29(42)46-33(7,8)9)37-30(43)36-23(28(41)45-32(4,5)6)15-13-14-20-34-27(40)22-16-18-25(35-21-22)38(10,11)12/h16,18,21,23-24H,10,13-15,17,19-20H2,1-9,11-12H3,(H,34,40)(H2,36,37,43)/t23-,24-/m0/s1. The maximum atomic E-state index is 13.1. The third-order valence-electron chi connectivity index (χ3n) is 5.89. The summed E-state index contributed by atoms with van der Waals surface area (Å²) in [4.78, 5) is 68.1. The molecule has 1 aromatic rings. The van der Waals surface area contributed by atoms with Crippen molar-refractivity contribution in [2.45, 2.75) is 123 Å². The molecule has 0 aromatic carbocycles. The van der Waals surface area contributed by atoms with E-state index < -0.39 is 52.8 Å². The van der Waals surface area contributed by atoms with Gasteiger partial charge in [-0.2, -0.15) is 0 Å². The molecule has 0 saturated heterocycles. The van der Waals surface area contributed by atoms with Crippen LogP contribution in [0.15, 0.2) is 18.3 Å². The number of ether oxygens (including phenoxy) is 3. The van der Waals surface area contributed by atoms with Gasteiger partial charge in [-0.3, -0.25) is 9.59 Å². The summed E-state index contributed by atoms with van der Waals surface area (Å²) >= 11 is 0. The fraction of sp³-hybridized carbons (Fsp3) is 0.667. The zero-order valence-corrected chi connectivity index (χ0v) is 29.5. The lowest BCUT2D eigenvalue weighted by atomic mass is 10.1. The second-order valence-electron chi connectivity index (χ2n) is 14.8. The highest BCUT2D eigenvalue weighted by molar-refractivity contribution is 5.94. The van der Waals surface area contributed by atoms with Crippen LogP contribution in [-0.2, 0) is 28.6 Å². The number of nitrogens with zero attached hydrogens (tertiary/aromatic N) is 2. The van der Waals surface area contributed by atoms with Crippen LogP contribution in [0.5, 0.6) is 0 Å². The fourth-order valence-electron chi connectivity index (χ4n) is 3.91. The molecule has 13 heteroatoms. The lowest BCUT2D eigenvalue weighted by Crippen LogP contribution is -2.53. The average Bonchev–Trinajstić information content (AvgIpc) is 2.86. The molecule has 46 heavy (non-hydrogen) atoms. The van der Waals surface area contributed by atoms with Crippen LogP contribution >= 0.6 is 0 Å². The first-order valence-corrected chi connectivity index (χ1v) is 15.5. The van der Waals surface area contributed by atoms with Crippen molar-refractivity contribution in [2.24, 2.45) is 0 Å². The molecule has 0 aliphatic heterocycles. The fourth-order valence-corrected chi connectivity index (χ4v) is 3.91. The second kappa shape index (κ2) is 16.7. The predicted molar refractivity (Wildman–Crippen MR) is 175 cm³/mol. The molecular weight excluding hydrogens is 594 g/mol. The molecular formula is C33H55N5O8. The van der Waals surface area contributed by atoms with E-state index in [4.69, 9.17) is 14.2 Å². The summed E-state index contributed by atoms with van der Waals surface area (Å²) in [6, 6.07) is 0.408. The Morgan fingerprint density at radius 2 is 1.28 bits per heavy atom. The van der Waals surface area contributed by atoms with Crippen molar-refractivity contribution < 1.29 is 38.2 Å². The Kier molecular flexibility index (Phi) is 14.6. The Morgan fingerprint density at radius 3 is 1.72 bits per heavy atom. The molecule has 1 rings (SSSR count). The number of unbranched alkanes of at least 4 members (excludes halogenated alkanes) is 1. The topological polar surface area (TPSA) is 162 Å². The Labute approximate surface area is 274 Å². The highest BCUT2D eigenvalue weighted by atomic mass is 16.6. The van der Waals surface area contributed by atoms with Gasteiger partial charge in [0.25, 0.3) is 5.91 Å². The number of carbonyl (C=O) groups is 5. The number of aromatic nitrogens is 1. The molecule has 0 unspecified atom stereocenters. The van der Waals surface area contributed by atoms with Gasteiger partial charge in [0.2, 0.25) is 0 Å². The molecule has 1 heterocycles. The molecule has 0 saturated carbocycles. The number of amides is 3. The molecule has 3 N–H and O–H groups in total. The summed E-state index contributed by atoms with van der Waals surface area (Å²) in [6.07, 6.45) is 2.46. The van der Waals surface area contributed by atoms with E-state index in [0.717, 1.165) is 0 Å². The zero-order chi connectivity index (χ0) is 35.5. The number of rotatable bonds is 14. The van der Waals surface area contributed by atoms with E-state index in [-0.39, 0.29) is 29.7 Å². The third-order valence-corrected chi connectivity index (χ3v) is 5.89. The van der Waals surface area contributed by atoms with Crippen LogP contribution in [0, 0.1) is 7.05 Å². The molecule has 1 aromatic heterocycles. The van der Waals surface area contributed by atoms with Crippen LogP contribution < -0.4 is 20.4 Å². The van der Waals surface area contributed by atoms with E-state index in [1.165, 1.54) is 6.20 Å². The second-order valence-corrected chi connectivity index (χ2v) is 14.8. The minimum absolute atomic E-state index is 0.0709. The average molecular weight is 650 g/mol. The third kappa shape index (κ3) is 17.1. The normalized spacial score (nSPS) is 13.6. The Hall–Kier alpha value is -3.74. The summed E-state index contributed by atoms with van der Waals surface area (Å²) < 4.78 is 16.6. The van der Waals surface area contributed by atoms with Crippen LogP contribution in [0.25, 0.3) is 0 Å². The smallest absolute Gasteiger partial charge is 0.329 e. The summed E-state index contributed by atoms with van der Waals surface area (Å²) in [6.45, 7) is 15.7. The largest absolute Gasteiger partial charge is 0.460 e. The van der Waals surface area contributed by atoms with Gasteiger partial charge in [-0.1, -0.05) is 0 Å². The van der Waals surface area contributed by atoms with Gasteiger partial charge in [0.15, 0.2) is 5.82 Å². The number of esters is 3. The molecule has 3 amide bonds. The predicted octanol–water partition coefficient (Wildman–Crippen LogP) is 4.18. The number of hydrogen-bond donors (Lipinski definition) is 3. The van der Waals surface area contributed by atoms with E-state index in [0.29, 0.717) is 30.8 Å². The highest BCUT2D eigenvalue weighted by Gasteiger charge is 2.31. The van der Waals surface area contributed by atoms with Gasteiger partial charge in [-0.15, -0.1) is 7.05 Å². The number of hydrogen-bond acceptors (Lipinski definition) is 9. The molecule has 0 aliphatic rings. The molecule has 2 atom stereocenters.